The van der Waals surface area contributed by atoms with E-state index < -0.39 is 0 Å². The molecular weight excluding hydrogens is 414 g/mol. The van der Waals surface area contributed by atoms with E-state index in [1.165, 1.54) is 0 Å². The molecule has 1 aliphatic rings. The van der Waals surface area contributed by atoms with Gasteiger partial charge in [0.1, 0.15) is 5.82 Å². The average Bonchev–Trinajstić information content (AvgIpc) is 3.45. The molecule has 2 aromatic heterocycles. The Morgan fingerprint density at radius 2 is 1.45 bits per heavy atom. The number of carbonyl (C=O) groups is 2. The second kappa shape index (κ2) is 7.10. The van der Waals surface area contributed by atoms with Gasteiger partial charge in [-0.2, -0.15) is 9.97 Å². The van der Waals surface area contributed by atoms with Gasteiger partial charge >= 0.3 is 0 Å². The average molecular weight is 433 g/mol. The van der Waals surface area contributed by atoms with Crippen molar-refractivity contribution in [1.82, 2.24) is 14.5 Å². The van der Waals surface area contributed by atoms with Crippen molar-refractivity contribution in [1.29, 1.82) is 0 Å². The first-order chi connectivity index (χ1) is 16.0. The number of ketones is 2. The molecule has 0 amide bonds. The first-order valence-corrected chi connectivity index (χ1v) is 10.8. The van der Waals surface area contributed by atoms with Crippen LogP contribution in [0, 0.1) is 0 Å². The van der Waals surface area contributed by atoms with Crippen molar-refractivity contribution in [3.63, 3.8) is 0 Å². The Bertz CT molecular complexity index is 1560. The maximum atomic E-state index is 13.2. The van der Waals surface area contributed by atoms with Crippen LogP contribution in [0.25, 0.3) is 33.9 Å². The van der Waals surface area contributed by atoms with E-state index >= 15 is 0 Å². The van der Waals surface area contributed by atoms with Gasteiger partial charge in [0.25, 0.3) is 5.71 Å². The minimum atomic E-state index is -0.296. The topological polar surface area (TPSA) is 78.0 Å². The zero-order valence-electron chi connectivity index (χ0n) is 18.1. The molecule has 33 heavy (non-hydrogen) atoms. The van der Waals surface area contributed by atoms with Crippen LogP contribution in [0.2, 0.25) is 0 Å². The second-order valence-corrected chi connectivity index (χ2v) is 8.44. The number of imidazole rings is 1. The third kappa shape index (κ3) is 2.95. The van der Waals surface area contributed by atoms with Gasteiger partial charge in [0.2, 0.25) is 11.5 Å². The molecule has 0 radical (unpaired) electrons. The third-order valence-corrected chi connectivity index (χ3v) is 5.91. The van der Waals surface area contributed by atoms with Crippen LogP contribution in [-0.4, -0.2) is 26.1 Å². The van der Waals surface area contributed by atoms with E-state index in [2.05, 4.69) is 9.97 Å². The number of Topliss-reactive ketones (excluding diaryl/α,β-unsaturated/α-hetero) is 2. The summed E-state index contributed by atoms with van der Waals surface area (Å²) in [5.74, 6) is 0.522. The number of benzene rings is 3. The van der Waals surface area contributed by atoms with Gasteiger partial charge in [-0.25, -0.2) is 0 Å². The maximum absolute atomic E-state index is 13.2. The highest BCUT2D eigenvalue weighted by molar-refractivity contribution is 6.42. The maximum Gasteiger partial charge on any atom is 0.267 e. The van der Waals surface area contributed by atoms with Crippen LogP contribution < -0.4 is 0 Å². The number of hydrogen-bond donors (Lipinski definition) is 0. The fourth-order valence-corrected chi connectivity index (χ4v) is 4.25. The zero-order chi connectivity index (χ0) is 22.7. The summed E-state index contributed by atoms with van der Waals surface area (Å²) in [6.07, 6.45) is 1.55. The number of aromatic nitrogens is 3. The SMILES string of the molecule is CC(C)c1nc2c(nc(C=C3C(=O)c4cc5ccccc5cc4C3=O)n2-c2ccccc2)o1. The van der Waals surface area contributed by atoms with Crippen molar-refractivity contribution in [2.45, 2.75) is 19.8 Å². The highest BCUT2D eigenvalue weighted by Gasteiger charge is 2.34. The minimum Gasteiger partial charge on any atom is -0.421 e. The minimum absolute atomic E-state index is 0.0919. The van der Waals surface area contributed by atoms with Gasteiger partial charge < -0.3 is 4.42 Å². The zero-order valence-corrected chi connectivity index (χ0v) is 18.1. The quantitative estimate of drug-likeness (QED) is 0.267. The van der Waals surface area contributed by atoms with Gasteiger partial charge in [-0.3, -0.25) is 14.2 Å². The predicted octanol–water partition coefficient (Wildman–Crippen LogP) is 5.75. The highest BCUT2D eigenvalue weighted by Crippen LogP contribution is 2.33. The van der Waals surface area contributed by atoms with Gasteiger partial charge in [-0.05, 0) is 41.1 Å². The van der Waals surface area contributed by atoms with Crippen LogP contribution in [0.3, 0.4) is 0 Å². The van der Waals surface area contributed by atoms with Crippen LogP contribution in [0.1, 0.15) is 52.2 Å². The van der Waals surface area contributed by atoms with Gasteiger partial charge in [0, 0.05) is 22.7 Å². The van der Waals surface area contributed by atoms with Crippen molar-refractivity contribution >= 4 is 39.8 Å². The van der Waals surface area contributed by atoms with Gasteiger partial charge in [0.05, 0.1) is 5.57 Å². The number of hydrogen-bond acceptors (Lipinski definition) is 5. The number of para-hydroxylation sites is 1. The lowest BCUT2D eigenvalue weighted by atomic mass is 10.0. The number of carbonyl (C=O) groups excluding carboxylic acids is 2. The molecule has 6 nitrogen and oxygen atoms in total. The summed E-state index contributed by atoms with van der Waals surface area (Å²) in [6.45, 7) is 4.00. The fourth-order valence-electron chi connectivity index (χ4n) is 4.25. The lowest BCUT2D eigenvalue weighted by Gasteiger charge is -2.06. The standard InChI is InChI=1S/C27H19N3O3/c1-15(2)26-29-25-27(33-26)28-22(30(25)18-10-4-3-5-11-18)14-21-23(31)19-12-16-8-6-7-9-17(16)13-20(19)24(21)32/h3-15H,1-2H3. The molecule has 0 saturated heterocycles. The molecule has 0 saturated carbocycles. The Hall–Kier alpha value is -4.32. The third-order valence-electron chi connectivity index (χ3n) is 5.91. The van der Waals surface area contributed by atoms with Crippen LogP contribution in [-0.2, 0) is 0 Å². The molecule has 0 spiro atoms. The summed E-state index contributed by atoms with van der Waals surface area (Å²) in [5.41, 5.74) is 2.68. The van der Waals surface area contributed by atoms with Crippen molar-refractivity contribution in [2.24, 2.45) is 0 Å². The Kier molecular flexibility index (Phi) is 4.17. The summed E-state index contributed by atoms with van der Waals surface area (Å²) in [5, 5.41) is 1.85. The Morgan fingerprint density at radius 3 is 2.06 bits per heavy atom. The van der Waals surface area contributed by atoms with Gasteiger partial charge in [0.15, 0.2) is 11.6 Å². The van der Waals surface area contributed by atoms with Crippen molar-refractivity contribution < 1.29 is 14.0 Å². The van der Waals surface area contributed by atoms with E-state index in [9.17, 15) is 9.59 Å². The molecule has 2 heterocycles. The van der Waals surface area contributed by atoms with E-state index in [0.717, 1.165) is 16.5 Å². The smallest absolute Gasteiger partial charge is 0.267 e. The largest absolute Gasteiger partial charge is 0.421 e. The van der Waals surface area contributed by atoms with Gasteiger partial charge in [-0.1, -0.05) is 56.3 Å². The molecule has 0 aliphatic heterocycles. The van der Waals surface area contributed by atoms with Crippen LogP contribution in [0.4, 0.5) is 0 Å². The first kappa shape index (κ1) is 19.4. The molecule has 1 aliphatic carbocycles. The molecule has 6 rings (SSSR count). The predicted molar refractivity (Wildman–Crippen MR) is 126 cm³/mol. The number of oxazole rings is 1. The fraction of sp³-hybridized carbons (Fsp3) is 0.111. The number of fused-ring (bicyclic) bond motifs is 3. The second-order valence-electron chi connectivity index (χ2n) is 8.44. The Balaban J connectivity index is 1.54. The normalized spacial score (nSPS) is 13.5. The number of rotatable bonds is 3. The van der Waals surface area contributed by atoms with Crippen LogP contribution in [0.15, 0.2) is 76.7 Å². The van der Waals surface area contributed by atoms with Crippen molar-refractivity contribution in [3.8, 4) is 5.69 Å². The molecule has 0 unspecified atom stereocenters. The van der Waals surface area contributed by atoms with Crippen LogP contribution >= 0.6 is 0 Å². The summed E-state index contributed by atoms with van der Waals surface area (Å²) >= 11 is 0. The van der Waals surface area contributed by atoms with E-state index in [1.54, 1.807) is 18.2 Å². The summed E-state index contributed by atoms with van der Waals surface area (Å²) in [7, 11) is 0. The van der Waals surface area contributed by atoms with Crippen molar-refractivity contribution in [3.05, 3.63) is 95.1 Å². The lowest BCUT2D eigenvalue weighted by Crippen LogP contribution is -2.04. The molecular formula is C27H19N3O3. The molecule has 0 atom stereocenters. The van der Waals surface area contributed by atoms with E-state index in [-0.39, 0.29) is 23.1 Å². The van der Waals surface area contributed by atoms with Gasteiger partial charge in [-0.15, -0.1) is 0 Å². The summed E-state index contributed by atoms with van der Waals surface area (Å²) in [4.78, 5) is 35.7. The molecule has 5 aromatic rings. The van der Waals surface area contributed by atoms with Crippen LogP contribution in [0.5, 0.6) is 0 Å². The Morgan fingerprint density at radius 1 is 0.848 bits per heavy atom. The van der Waals surface area contributed by atoms with E-state index in [0.29, 0.717) is 34.2 Å². The summed E-state index contributed by atoms with van der Waals surface area (Å²) < 4.78 is 7.68. The highest BCUT2D eigenvalue weighted by atomic mass is 16.4. The number of allylic oxidation sites excluding steroid dienone is 1. The molecule has 6 heteroatoms. The van der Waals surface area contributed by atoms with E-state index in [4.69, 9.17) is 4.42 Å². The molecule has 160 valence electrons. The van der Waals surface area contributed by atoms with Crippen molar-refractivity contribution in [2.75, 3.05) is 0 Å². The first-order valence-electron chi connectivity index (χ1n) is 10.8. The monoisotopic (exact) mass is 433 g/mol. The lowest BCUT2D eigenvalue weighted by molar-refractivity contribution is 0.0990. The molecule has 0 fully saturated rings. The van der Waals surface area contributed by atoms with E-state index in [1.807, 2.05) is 73.0 Å². The summed E-state index contributed by atoms with van der Waals surface area (Å²) in [6, 6.07) is 20.9. The number of nitrogens with zero attached hydrogens (tertiary/aromatic N) is 3. The molecule has 0 N–H and O–H groups in total. The molecule has 3 aromatic carbocycles. The Labute approximate surface area is 189 Å². The molecule has 0 bridgehead atoms.